The minimum atomic E-state index is -0.380. The van der Waals surface area contributed by atoms with Crippen molar-refractivity contribution in [3.8, 4) is 0 Å². The molecule has 38 heavy (non-hydrogen) atoms. The number of amides is 2. The van der Waals surface area contributed by atoms with Gasteiger partial charge in [-0.15, -0.1) is 0 Å². The number of aromatic nitrogens is 2. The van der Waals surface area contributed by atoms with Gasteiger partial charge in [0.15, 0.2) is 0 Å². The van der Waals surface area contributed by atoms with E-state index >= 15 is 0 Å². The number of nitrogens with one attached hydrogen (secondary N) is 1. The molecule has 4 aromatic rings. The number of benzene rings is 3. The Balaban J connectivity index is 1.23. The molecule has 194 valence electrons. The zero-order valence-electron chi connectivity index (χ0n) is 21.2. The van der Waals surface area contributed by atoms with Crippen LogP contribution in [0.4, 0.5) is 4.39 Å². The number of hydrogen-bond donors (Lipinski definition) is 2. The molecular formula is C29H29FN6O2. The number of amidine groups is 1. The van der Waals surface area contributed by atoms with Crippen molar-refractivity contribution >= 4 is 28.7 Å². The monoisotopic (exact) mass is 512 g/mol. The Morgan fingerprint density at radius 3 is 2.00 bits per heavy atom. The summed E-state index contributed by atoms with van der Waals surface area (Å²) in [5, 5.41) is 7.52. The minimum Gasteiger partial charge on any atom is -0.384 e. The SMILES string of the molecule is Cn1c(CCc2ccc(C(=N)N)cc2)nc2cc(C(=O)N3CCN(C(=O)c4ccc(F)cc4)CC3)ccc21. The van der Waals surface area contributed by atoms with Crippen LogP contribution in [0.5, 0.6) is 0 Å². The van der Waals surface area contributed by atoms with Gasteiger partial charge in [0.1, 0.15) is 17.5 Å². The summed E-state index contributed by atoms with van der Waals surface area (Å²) in [7, 11) is 1.97. The highest BCUT2D eigenvalue weighted by Gasteiger charge is 2.26. The normalized spacial score (nSPS) is 13.6. The van der Waals surface area contributed by atoms with Crippen LogP contribution >= 0.6 is 0 Å². The van der Waals surface area contributed by atoms with Crippen LogP contribution in [0.3, 0.4) is 0 Å². The zero-order valence-corrected chi connectivity index (χ0v) is 21.2. The molecule has 1 aromatic heterocycles. The molecule has 1 aliphatic heterocycles. The predicted molar refractivity (Wildman–Crippen MR) is 144 cm³/mol. The minimum absolute atomic E-state index is 0.0534. The summed E-state index contributed by atoms with van der Waals surface area (Å²) in [5.41, 5.74) is 10.1. The highest BCUT2D eigenvalue weighted by Crippen LogP contribution is 2.20. The molecule has 0 unspecified atom stereocenters. The molecule has 9 heteroatoms. The van der Waals surface area contributed by atoms with Crippen molar-refractivity contribution in [2.75, 3.05) is 26.2 Å². The summed E-state index contributed by atoms with van der Waals surface area (Å²) in [6, 6.07) is 18.8. The van der Waals surface area contributed by atoms with Crippen molar-refractivity contribution in [2.45, 2.75) is 12.8 Å². The lowest BCUT2D eigenvalue weighted by Gasteiger charge is -2.34. The van der Waals surface area contributed by atoms with E-state index in [1.54, 1.807) is 9.80 Å². The number of hydrogen-bond acceptors (Lipinski definition) is 4. The van der Waals surface area contributed by atoms with Gasteiger partial charge in [-0.05, 0) is 54.4 Å². The Morgan fingerprint density at radius 1 is 0.842 bits per heavy atom. The van der Waals surface area contributed by atoms with Crippen molar-refractivity contribution in [1.29, 1.82) is 5.41 Å². The first-order chi connectivity index (χ1) is 18.3. The molecule has 3 aromatic carbocycles. The Bertz CT molecular complexity index is 1500. The maximum absolute atomic E-state index is 13.2. The van der Waals surface area contributed by atoms with E-state index in [2.05, 4.69) is 0 Å². The Morgan fingerprint density at radius 2 is 1.39 bits per heavy atom. The van der Waals surface area contributed by atoms with Crippen LogP contribution in [0.15, 0.2) is 66.7 Å². The van der Waals surface area contributed by atoms with E-state index < -0.39 is 0 Å². The van der Waals surface area contributed by atoms with Crippen LogP contribution in [0.1, 0.15) is 37.7 Å². The molecule has 3 N–H and O–H groups in total. The molecule has 0 atom stereocenters. The van der Waals surface area contributed by atoms with Crippen LogP contribution in [0.2, 0.25) is 0 Å². The topological polar surface area (TPSA) is 108 Å². The summed E-state index contributed by atoms with van der Waals surface area (Å²) in [6.45, 7) is 1.70. The van der Waals surface area contributed by atoms with Crippen molar-refractivity contribution in [1.82, 2.24) is 19.4 Å². The number of piperazine rings is 1. The first-order valence-corrected chi connectivity index (χ1v) is 12.5. The molecule has 5 rings (SSSR count). The average Bonchev–Trinajstić information content (AvgIpc) is 3.26. The van der Waals surface area contributed by atoms with Crippen LogP contribution < -0.4 is 5.73 Å². The van der Waals surface area contributed by atoms with E-state index in [0.29, 0.717) is 42.9 Å². The fourth-order valence-electron chi connectivity index (χ4n) is 4.78. The molecule has 0 radical (unpaired) electrons. The van der Waals surface area contributed by atoms with Crippen LogP contribution in [0.25, 0.3) is 11.0 Å². The third-order valence-corrected chi connectivity index (χ3v) is 7.07. The molecule has 8 nitrogen and oxygen atoms in total. The quantitative estimate of drug-likeness (QED) is 0.305. The van der Waals surface area contributed by atoms with Gasteiger partial charge in [-0.25, -0.2) is 9.37 Å². The zero-order chi connectivity index (χ0) is 26.8. The van der Waals surface area contributed by atoms with Gasteiger partial charge in [-0.3, -0.25) is 15.0 Å². The standard InChI is InChI=1S/C29H29FN6O2/c1-34-25-12-9-22(18-24(25)33-26(34)13-4-19-2-5-20(6-3-19)27(31)32)29(38)36-16-14-35(15-17-36)28(37)21-7-10-23(30)11-8-21/h2-3,5-12,18H,4,13-17H2,1H3,(H3,31,32). The fourth-order valence-corrected chi connectivity index (χ4v) is 4.78. The van der Waals surface area contributed by atoms with Gasteiger partial charge in [0, 0.05) is 56.3 Å². The number of nitrogens with zero attached hydrogens (tertiary/aromatic N) is 4. The fraction of sp³-hybridized carbons (Fsp3) is 0.241. The van der Waals surface area contributed by atoms with E-state index in [1.807, 2.05) is 54.1 Å². The Labute approximate surface area is 220 Å². The second kappa shape index (κ2) is 10.5. The molecule has 1 aliphatic rings. The second-order valence-corrected chi connectivity index (χ2v) is 9.49. The third kappa shape index (κ3) is 5.13. The molecular weight excluding hydrogens is 483 g/mol. The smallest absolute Gasteiger partial charge is 0.254 e. The predicted octanol–water partition coefficient (Wildman–Crippen LogP) is 3.38. The maximum Gasteiger partial charge on any atom is 0.254 e. The summed E-state index contributed by atoms with van der Waals surface area (Å²) in [4.78, 5) is 34.2. The number of aryl methyl sites for hydroxylation is 3. The molecule has 0 spiro atoms. The summed E-state index contributed by atoms with van der Waals surface area (Å²) in [5.74, 6) is 0.355. The summed E-state index contributed by atoms with van der Waals surface area (Å²) in [6.07, 6.45) is 1.53. The molecule has 2 amide bonds. The first-order valence-electron chi connectivity index (χ1n) is 12.5. The van der Waals surface area contributed by atoms with E-state index in [9.17, 15) is 14.0 Å². The third-order valence-electron chi connectivity index (χ3n) is 7.07. The maximum atomic E-state index is 13.2. The lowest BCUT2D eigenvalue weighted by atomic mass is 10.1. The average molecular weight is 513 g/mol. The highest BCUT2D eigenvalue weighted by molar-refractivity contribution is 5.98. The Hall–Kier alpha value is -4.53. The lowest BCUT2D eigenvalue weighted by Crippen LogP contribution is -2.50. The van der Waals surface area contributed by atoms with Gasteiger partial charge in [0.05, 0.1) is 11.0 Å². The molecule has 0 saturated carbocycles. The largest absolute Gasteiger partial charge is 0.384 e. The molecule has 0 bridgehead atoms. The number of halogens is 1. The first kappa shape index (κ1) is 25.1. The van der Waals surface area contributed by atoms with E-state index in [1.165, 1.54) is 24.3 Å². The number of imidazole rings is 1. The van der Waals surface area contributed by atoms with Gasteiger partial charge < -0.3 is 20.1 Å². The van der Waals surface area contributed by atoms with Crippen molar-refractivity contribution < 1.29 is 14.0 Å². The van der Waals surface area contributed by atoms with Gasteiger partial charge in [-0.2, -0.15) is 0 Å². The number of fused-ring (bicyclic) bond motifs is 1. The van der Waals surface area contributed by atoms with E-state index in [0.717, 1.165) is 35.3 Å². The molecule has 0 aliphatic carbocycles. The highest BCUT2D eigenvalue weighted by atomic mass is 19.1. The number of nitrogen functional groups attached to an aromatic ring is 1. The van der Waals surface area contributed by atoms with Gasteiger partial charge in [-0.1, -0.05) is 24.3 Å². The second-order valence-electron chi connectivity index (χ2n) is 9.49. The number of nitrogens with two attached hydrogens (primary N) is 1. The van der Waals surface area contributed by atoms with Gasteiger partial charge >= 0.3 is 0 Å². The lowest BCUT2D eigenvalue weighted by molar-refractivity contribution is 0.0535. The summed E-state index contributed by atoms with van der Waals surface area (Å²) < 4.78 is 15.2. The van der Waals surface area contributed by atoms with Crippen LogP contribution in [0, 0.1) is 11.2 Å². The molecule has 1 fully saturated rings. The van der Waals surface area contributed by atoms with Crippen molar-refractivity contribution in [3.63, 3.8) is 0 Å². The number of rotatable bonds is 6. The van der Waals surface area contributed by atoms with E-state index in [4.69, 9.17) is 16.1 Å². The van der Waals surface area contributed by atoms with E-state index in [-0.39, 0.29) is 23.5 Å². The summed E-state index contributed by atoms with van der Waals surface area (Å²) >= 11 is 0. The Kier molecular flexibility index (Phi) is 6.91. The van der Waals surface area contributed by atoms with Crippen molar-refractivity contribution in [3.05, 3.63) is 101 Å². The molecule has 2 heterocycles. The molecule has 1 saturated heterocycles. The van der Waals surface area contributed by atoms with Gasteiger partial charge in [0.25, 0.3) is 11.8 Å². The number of carbonyl (C=O) groups is 2. The van der Waals surface area contributed by atoms with Crippen LogP contribution in [-0.2, 0) is 19.9 Å². The van der Waals surface area contributed by atoms with Gasteiger partial charge in [0.2, 0.25) is 0 Å². The van der Waals surface area contributed by atoms with Crippen LogP contribution in [-0.4, -0.2) is 63.2 Å². The van der Waals surface area contributed by atoms with Crippen molar-refractivity contribution in [2.24, 2.45) is 12.8 Å². The number of carbonyl (C=O) groups excluding carboxylic acids is 2.